The Balaban J connectivity index is 1.31. The molecule has 2 atom stereocenters. The average molecular weight is 611 g/mol. The number of unbranched alkanes of at least 4 members (excludes halogenated alkanes) is 2. The number of pyridine rings is 2. The highest BCUT2D eigenvalue weighted by Crippen LogP contribution is 2.47. The van der Waals surface area contributed by atoms with Crippen molar-refractivity contribution in [2.24, 2.45) is 0 Å². The number of benzene rings is 2. The molecule has 1 N–H and O–H groups in total. The molecule has 1 aliphatic heterocycles. The number of fused-ring (bicyclic) bond motifs is 2. The minimum Gasteiger partial charge on any atom is -0.490 e. The third-order valence-electron chi connectivity index (χ3n) is 9.01. The van der Waals surface area contributed by atoms with Gasteiger partial charge in [-0.3, -0.25) is 14.6 Å². The number of carbonyl (C=O) groups excluding carboxylic acids is 2. The van der Waals surface area contributed by atoms with Crippen molar-refractivity contribution >= 4 is 22.5 Å². The number of ketones is 2. The molecule has 1 saturated carbocycles. The fraction of sp³-hybridized carbons (Fsp3) is 0.405. The average Bonchev–Trinajstić information content (AvgIpc) is 3.79. The molecule has 6 rings (SSSR count). The summed E-state index contributed by atoms with van der Waals surface area (Å²) in [5.41, 5.74) is 0.807. The van der Waals surface area contributed by atoms with E-state index in [2.05, 4.69) is 11.9 Å². The van der Waals surface area contributed by atoms with Crippen LogP contribution in [0.2, 0.25) is 0 Å². The van der Waals surface area contributed by atoms with Crippen LogP contribution in [-0.2, 0) is 15.8 Å². The zero-order chi connectivity index (χ0) is 31.8. The predicted octanol–water partition coefficient (Wildman–Crippen LogP) is 7.65. The summed E-state index contributed by atoms with van der Waals surface area (Å²) in [5, 5.41) is 12.6. The van der Waals surface area contributed by atoms with Crippen LogP contribution < -0.4 is 9.47 Å². The van der Waals surface area contributed by atoms with Gasteiger partial charge in [0.1, 0.15) is 46.5 Å². The van der Waals surface area contributed by atoms with Gasteiger partial charge in [-0.05, 0) is 88.1 Å². The van der Waals surface area contributed by atoms with Crippen LogP contribution in [0.25, 0.3) is 22.2 Å². The summed E-state index contributed by atoms with van der Waals surface area (Å²) < 4.78 is 26.0. The Morgan fingerprint density at radius 3 is 2.62 bits per heavy atom. The second kappa shape index (κ2) is 12.3. The molecule has 0 saturated heterocycles. The SMILES string of the molecule is CCCCCC(=O)[C@@]1(C)COc2c1cc([C@@](C)(O)CCC(=O)c1cc(OC3CC3)c3ncccc3c1)nc2-c1ccc(F)cc1. The van der Waals surface area contributed by atoms with Gasteiger partial charge in [0.25, 0.3) is 0 Å². The maximum Gasteiger partial charge on any atom is 0.163 e. The fourth-order valence-electron chi connectivity index (χ4n) is 5.91. The van der Waals surface area contributed by atoms with Crippen molar-refractivity contribution in [3.05, 3.63) is 83.4 Å². The van der Waals surface area contributed by atoms with E-state index in [4.69, 9.17) is 14.5 Å². The zero-order valence-corrected chi connectivity index (χ0v) is 26.1. The summed E-state index contributed by atoms with van der Waals surface area (Å²) in [7, 11) is 0. The lowest BCUT2D eigenvalue weighted by atomic mass is 9.77. The Kier molecular flexibility index (Phi) is 8.44. The lowest BCUT2D eigenvalue weighted by molar-refractivity contribution is -0.124. The number of Topliss-reactive ketones (excluding diaryl/α,β-unsaturated/α-hetero) is 2. The number of rotatable bonds is 13. The van der Waals surface area contributed by atoms with Crippen molar-refractivity contribution in [2.75, 3.05) is 6.61 Å². The molecule has 7 nitrogen and oxygen atoms in total. The minimum atomic E-state index is -1.51. The Morgan fingerprint density at radius 2 is 1.89 bits per heavy atom. The molecule has 0 bridgehead atoms. The summed E-state index contributed by atoms with van der Waals surface area (Å²) in [4.78, 5) is 36.4. The molecule has 1 fully saturated rings. The number of carbonyl (C=O) groups is 2. The molecule has 0 unspecified atom stereocenters. The number of nitrogens with zero attached hydrogens (tertiary/aromatic N) is 2. The first-order chi connectivity index (χ1) is 21.6. The van der Waals surface area contributed by atoms with Crippen LogP contribution in [0.5, 0.6) is 11.5 Å². The van der Waals surface area contributed by atoms with Gasteiger partial charge >= 0.3 is 0 Å². The Labute approximate surface area is 262 Å². The first-order valence-electron chi connectivity index (χ1n) is 15.9. The summed E-state index contributed by atoms with van der Waals surface area (Å²) in [6.45, 7) is 5.76. The van der Waals surface area contributed by atoms with Gasteiger partial charge in [0.15, 0.2) is 5.78 Å². The number of aromatic nitrogens is 2. The molecule has 2 aliphatic rings. The van der Waals surface area contributed by atoms with E-state index in [0.717, 1.165) is 43.0 Å². The van der Waals surface area contributed by atoms with Gasteiger partial charge in [0.2, 0.25) is 0 Å². The maximum atomic E-state index is 13.8. The van der Waals surface area contributed by atoms with Crippen LogP contribution in [0.15, 0.2) is 60.8 Å². The minimum absolute atomic E-state index is 0.0516. The normalized spacial score (nSPS) is 18.7. The molecule has 234 valence electrons. The molecule has 8 heteroatoms. The fourth-order valence-corrected chi connectivity index (χ4v) is 5.91. The summed E-state index contributed by atoms with van der Waals surface area (Å²) in [6.07, 6.45) is 7.15. The molecule has 0 amide bonds. The Hall–Kier alpha value is -4.17. The standard InChI is InChI=1S/C37H39FN2O5/c1-4-5-6-9-32(42)36(2)22-44-35-28(36)21-31(40-34(35)23-10-12-26(38)13-11-23)37(3,43)17-16-29(41)25-19-24-8-7-18-39-33(24)30(20-25)45-27-14-15-27/h7-8,10-13,18-21,27,43H,4-6,9,14-17,22H2,1-3H3/t36-,37-/m0/s1. The molecular formula is C37H39FN2O5. The number of aliphatic hydroxyl groups is 1. The van der Waals surface area contributed by atoms with E-state index < -0.39 is 11.0 Å². The summed E-state index contributed by atoms with van der Waals surface area (Å²) in [6, 6.07) is 14.9. The van der Waals surface area contributed by atoms with E-state index in [1.165, 1.54) is 12.1 Å². The predicted molar refractivity (Wildman–Crippen MR) is 170 cm³/mol. The van der Waals surface area contributed by atoms with Crippen LogP contribution in [0.4, 0.5) is 4.39 Å². The molecule has 1 aliphatic carbocycles. The number of ether oxygens (including phenoxy) is 2. The molecule has 0 spiro atoms. The van der Waals surface area contributed by atoms with Crippen molar-refractivity contribution in [2.45, 2.75) is 89.3 Å². The van der Waals surface area contributed by atoms with E-state index in [1.54, 1.807) is 37.4 Å². The highest BCUT2D eigenvalue weighted by molar-refractivity contribution is 6.01. The summed E-state index contributed by atoms with van der Waals surface area (Å²) in [5.74, 6) is 0.612. The molecule has 2 aromatic carbocycles. The smallest absolute Gasteiger partial charge is 0.163 e. The Morgan fingerprint density at radius 1 is 1.11 bits per heavy atom. The lowest BCUT2D eigenvalue weighted by Gasteiger charge is -2.26. The van der Waals surface area contributed by atoms with E-state index in [-0.39, 0.29) is 42.9 Å². The van der Waals surface area contributed by atoms with Crippen molar-refractivity contribution in [3.8, 4) is 22.8 Å². The van der Waals surface area contributed by atoms with Gasteiger partial charge in [-0.15, -0.1) is 0 Å². The van der Waals surface area contributed by atoms with Gasteiger partial charge in [-0.2, -0.15) is 0 Å². The maximum absolute atomic E-state index is 13.8. The van der Waals surface area contributed by atoms with E-state index in [9.17, 15) is 19.1 Å². The zero-order valence-electron chi connectivity index (χ0n) is 26.1. The second-order valence-electron chi connectivity index (χ2n) is 12.8. The molecule has 3 heterocycles. The number of hydrogen-bond donors (Lipinski definition) is 1. The third kappa shape index (κ3) is 6.34. The highest BCUT2D eigenvalue weighted by Gasteiger charge is 2.45. The van der Waals surface area contributed by atoms with Crippen LogP contribution in [-0.4, -0.2) is 39.4 Å². The van der Waals surface area contributed by atoms with Gasteiger partial charge < -0.3 is 14.6 Å². The monoisotopic (exact) mass is 610 g/mol. The van der Waals surface area contributed by atoms with Gasteiger partial charge in [-0.1, -0.05) is 25.8 Å². The first kappa shape index (κ1) is 30.8. The van der Waals surface area contributed by atoms with Crippen molar-refractivity contribution < 1.29 is 28.6 Å². The second-order valence-corrected chi connectivity index (χ2v) is 12.8. The highest BCUT2D eigenvalue weighted by atomic mass is 19.1. The molecule has 45 heavy (non-hydrogen) atoms. The van der Waals surface area contributed by atoms with E-state index in [0.29, 0.717) is 46.0 Å². The summed E-state index contributed by atoms with van der Waals surface area (Å²) >= 11 is 0. The topological polar surface area (TPSA) is 98.6 Å². The molecule has 0 radical (unpaired) electrons. The number of halogens is 1. The molecule has 2 aromatic heterocycles. The Bertz CT molecular complexity index is 1750. The van der Waals surface area contributed by atoms with E-state index >= 15 is 0 Å². The van der Waals surface area contributed by atoms with Crippen LogP contribution >= 0.6 is 0 Å². The van der Waals surface area contributed by atoms with E-state index in [1.807, 2.05) is 25.1 Å². The van der Waals surface area contributed by atoms with Crippen molar-refractivity contribution in [3.63, 3.8) is 0 Å². The molecular weight excluding hydrogens is 571 g/mol. The van der Waals surface area contributed by atoms with Gasteiger partial charge in [0.05, 0.1) is 17.2 Å². The van der Waals surface area contributed by atoms with Crippen molar-refractivity contribution in [1.82, 2.24) is 9.97 Å². The quantitative estimate of drug-likeness (QED) is 0.123. The molecule has 4 aromatic rings. The van der Waals surface area contributed by atoms with Crippen LogP contribution in [0.1, 0.15) is 93.8 Å². The van der Waals surface area contributed by atoms with Crippen LogP contribution in [0.3, 0.4) is 0 Å². The van der Waals surface area contributed by atoms with Gasteiger partial charge in [-0.25, -0.2) is 9.37 Å². The van der Waals surface area contributed by atoms with Gasteiger partial charge in [0, 0.05) is 41.1 Å². The van der Waals surface area contributed by atoms with Crippen LogP contribution in [0, 0.1) is 5.82 Å². The third-order valence-corrected chi connectivity index (χ3v) is 9.01. The lowest BCUT2D eigenvalue weighted by Crippen LogP contribution is -2.34. The van der Waals surface area contributed by atoms with Crippen molar-refractivity contribution in [1.29, 1.82) is 0 Å². The largest absolute Gasteiger partial charge is 0.490 e. The first-order valence-corrected chi connectivity index (χ1v) is 15.9. The number of hydrogen-bond acceptors (Lipinski definition) is 7.